The van der Waals surface area contributed by atoms with E-state index in [1.165, 1.54) is 18.2 Å². The fraction of sp³-hybridized carbons (Fsp3) is 0.412. The summed E-state index contributed by atoms with van der Waals surface area (Å²) in [7, 11) is -2.24. The van der Waals surface area contributed by atoms with E-state index in [4.69, 9.17) is 4.74 Å². The van der Waals surface area contributed by atoms with Crippen LogP contribution in [0.5, 0.6) is 5.75 Å². The Morgan fingerprint density at radius 3 is 2.32 bits per heavy atom. The number of anilines is 1. The summed E-state index contributed by atoms with van der Waals surface area (Å²) in [6.07, 6.45) is 6.51. The van der Waals surface area contributed by atoms with Crippen molar-refractivity contribution >= 4 is 27.5 Å². The zero-order chi connectivity index (χ0) is 31.5. The van der Waals surface area contributed by atoms with Crippen molar-refractivity contribution in [2.75, 3.05) is 24.2 Å². The number of methoxy groups -OCH3 is 1. The number of hydrogen-bond acceptors (Lipinski definition) is 5. The van der Waals surface area contributed by atoms with Gasteiger partial charge >= 0.3 is 0 Å². The second-order valence-corrected chi connectivity index (χ2v) is 13.2. The van der Waals surface area contributed by atoms with Crippen molar-refractivity contribution in [3.8, 4) is 5.75 Å². The number of hydrogen-bond donors (Lipinski definition) is 1. The van der Waals surface area contributed by atoms with Gasteiger partial charge < -0.3 is 15.0 Å². The van der Waals surface area contributed by atoms with Gasteiger partial charge in [0.1, 0.15) is 17.6 Å². The highest BCUT2D eigenvalue weighted by atomic mass is 32.2. The second kappa shape index (κ2) is 15.7. The van der Waals surface area contributed by atoms with Gasteiger partial charge in [0.05, 0.1) is 19.1 Å². The summed E-state index contributed by atoms with van der Waals surface area (Å²) in [6, 6.07) is 21.9. The SMILES string of the molecule is COc1cccc(CN(C(=O)CCCN(c2ccccc2F)S(C)(=O)=O)[C@@H](Cc2ccccc2)C(=O)NC2CCCCC2)c1. The molecule has 0 heterocycles. The maximum absolute atomic E-state index is 14.5. The molecule has 0 bridgehead atoms. The molecular weight excluding hydrogens is 581 g/mol. The Balaban J connectivity index is 1.61. The van der Waals surface area contributed by atoms with Crippen LogP contribution in [0.4, 0.5) is 10.1 Å². The number of nitrogens with zero attached hydrogens (tertiary/aromatic N) is 2. The number of halogens is 1. The van der Waals surface area contributed by atoms with E-state index in [2.05, 4.69) is 5.32 Å². The Kier molecular flexibility index (Phi) is 11.8. The highest BCUT2D eigenvalue weighted by molar-refractivity contribution is 7.92. The van der Waals surface area contributed by atoms with Crippen LogP contribution in [0.25, 0.3) is 0 Å². The quantitative estimate of drug-likeness (QED) is 0.257. The largest absolute Gasteiger partial charge is 0.497 e. The molecule has 1 atom stereocenters. The number of amides is 2. The third-order valence-electron chi connectivity index (χ3n) is 7.98. The average molecular weight is 624 g/mol. The Bertz CT molecular complexity index is 1500. The molecule has 1 aliphatic rings. The molecule has 3 aromatic carbocycles. The van der Waals surface area contributed by atoms with E-state index >= 15 is 0 Å². The topological polar surface area (TPSA) is 96.0 Å². The molecule has 1 N–H and O–H groups in total. The van der Waals surface area contributed by atoms with Crippen molar-refractivity contribution in [3.05, 3.63) is 95.8 Å². The number of carbonyl (C=O) groups is 2. The normalized spacial score (nSPS) is 14.4. The Labute approximate surface area is 260 Å². The summed E-state index contributed by atoms with van der Waals surface area (Å²) in [4.78, 5) is 29.6. The van der Waals surface area contributed by atoms with E-state index in [-0.39, 0.29) is 49.5 Å². The minimum absolute atomic E-state index is 0.0353. The summed E-state index contributed by atoms with van der Waals surface area (Å²) in [6.45, 7) is 0.0743. The molecule has 1 saturated carbocycles. The maximum atomic E-state index is 14.5. The third-order valence-corrected chi connectivity index (χ3v) is 9.16. The van der Waals surface area contributed by atoms with Gasteiger partial charge in [-0.2, -0.15) is 0 Å². The van der Waals surface area contributed by atoms with Crippen molar-refractivity contribution in [3.63, 3.8) is 0 Å². The molecule has 4 rings (SSSR count). The number of para-hydroxylation sites is 1. The lowest BCUT2D eigenvalue weighted by Gasteiger charge is -2.34. The Morgan fingerprint density at radius 2 is 1.64 bits per heavy atom. The summed E-state index contributed by atoms with van der Waals surface area (Å²) >= 11 is 0. The highest BCUT2D eigenvalue weighted by Crippen LogP contribution is 2.24. The first kappa shape index (κ1) is 33.0. The molecule has 0 saturated heterocycles. The van der Waals surface area contributed by atoms with E-state index in [0.717, 1.165) is 53.8 Å². The van der Waals surface area contributed by atoms with Gasteiger partial charge in [-0.1, -0.05) is 73.9 Å². The number of rotatable bonds is 14. The molecule has 10 heteroatoms. The molecule has 1 aliphatic carbocycles. The van der Waals surface area contributed by atoms with Crippen LogP contribution in [0.3, 0.4) is 0 Å². The van der Waals surface area contributed by atoms with Gasteiger partial charge in [0.25, 0.3) is 0 Å². The fourth-order valence-corrected chi connectivity index (χ4v) is 6.67. The van der Waals surface area contributed by atoms with Gasteiger partial charge in [0.2, 0.25) is 21.8 Å². The number of ether oxygens (including phenoxy) is 1. The molecule has 8 nitrogen and oxygen atoms in total. The predicted octanol–water partition coefficient (Wildman–Crippen LogP) is 5.47. The van der Waals surface area contributed by atoms with E-state index in [9.17, 15) is 22.4 Å². The van der Waals surface area contributed by atoms with Gasteiger partial charge in [-0.15, -0.1) is 0 Å². The van der Waals surface area contributed by atoms with Crippen LogP contribution in [-0.2, 0) is 32.6 Å². The van der Waals surface area contributed by atoms with Crippen LogP contribution in [-0.4, -0.2) is 57.1 Å². The smallest absolute Gasteiger partial charge is 0.243 e. The van der Waals surface area contributed by atoms with Gasteiger partial charge in [0.15, 0.2) is 0 Å². The summed E-state index contributed by atoms with van der Waals surface area (Å²) < 4.78 is 46.1. The molecule has 44 heavy (non-hydrogen) atoms. The first-order valence-corrected chi connectivity index (χ1v) is 17.0. The maximum Gasteiger partial charge on any atom is 0.243 e. The number of nitrogens with one attached hydrogen (secondary N) is 1. The second-order valence-electron chi connectivity index (χ2n) is 11.3. The summed E-state index contributed by atoms with van der Waals surface area (Å²) in [5.41, 5.74) is 1.65. The van der Waals surface area contributed by atoms with Crippen LogP contribution in [0.15, 0.2) is 78.9 Å². The number of sulfonamides is 1. The summed E-state index contributed by atoms with van der Waals surface area (Å²) in [5, 5.41) is 3.22. The molecule has 2 amide bonds. The van der Waals surface area contributed by atoms with E-state index in [1.54, 1.807) is 18.1 Å². The minimum atomic E-state index is -3.81. The predicted molar refractivity (Wildman–Crippen MR) is 170 cm³/mol. The van der Waals surface area contributed by atoms with Gasteiger partial charge in [0, 0.05) is 32.0 Å². The van der Waals surface area contributed by atoms with Crippen LogP contribution in [0.2, 0.25) is 0 Å². The van der Waals surface area contributed by atoms with Gasteiger partial charge in [-0.25, -0.2) is 12.8 Å². The van der Waals surface area contributed by atoms with Crippen LogP contribution in [0, 0.1) is 5.82 Å². The van der Waals surface area contributed by atoms with Crippen LogP contribution < -0.4 is 14.4 Å². The Morgan fingerprint density at radius 1 is 0.955 bits per heavy atom. The summed E-state index contributed by atoms with van der Waals surface area (Å²) in [5.74, 6) is -0.531. The number of benzene rings is 3. The zero-order valence-electron chi connectivity index (χ0n) is 25.5. The van der Waals surface area contributed by atoms with Crippen molar-refractivity contribution in [1.29, 1.82) is 0 Å². The average Bonchev–Trinajstić information content (AvgIpc) is 3.02. The monoisotopic (exact) mass is 623 g/mol. The van der Waals surface area contributed by atoms with E-state index in [0.29, 0.717) is 12.2 Å². The zero-order valence-corrected chi connectivity index (χ0v) is 26.3. The van der Waals surface area contributed by atoms with E-state index < -0.39 is 21.9 Å². The molecule has 0 aliphatic heterocycles. The first-order chi connectivity index (χ1) is 21.2. The third kappa shape index (κ3) is 9.29. The van der Waals surface area contributed by atoms with Gasteiger partial charge in [-0.05, 0) is 54.7 Å². The molecular formula is C34H42FN3O5S. The van der Waals surface area contributed by atoms with Crippen molar-refractivity contribution < 1.29 is 27.1 Å². The lowest BCUT2D eigenvalue weighted by atomic mass is 9.94. The number of carbonyl (C=O) groups excluding carboxylic acids is 2. The first-order valence-electron chi connectivity index (χ1n) is 15.1. The minimum Gasteiger partial charge on any atom is -0.497 e. The van der Waals surface area contributed by atoms with Crippen molar-refractivity contribution in [1.82, 2.24) is 10.2 Å². The molecule has 0 unspecified atom stereocenters. The standard InChI is InChI=1S/C34H42FN3O5S/c1-43-29-18-11-15-27(23-29)25-37(33(39)21-12-22-38(44(2,41)42)31-20-10-9-19-30(31)35)32(24-26-13-5-3-6-14-26)34(40)36-28-16-7-4-8-17-28/h3,5-6,9-11,13-15,18-20,23,28,32H,4,7-8,12,16-17,21-22,24-25H2,1-2H3,(H,36,40)/t32-/m0/s1. The lowest BCUT2D eigenvalue weighted by molar-refractivity contribution is -0.141. The molecule has 0 aromatic heterocycles. The van der Waals surface area contributed by atoms with Crippen molar-refractivity contribution in [2.24, 2.45) is 0 Å². The fourth-order valence-electron chi connectivity index (χ4n) is 5.70. The van der Waals surface area contributed by atoms with Gasteiger partial charge in [-0.3, -0.25) is 13.9 Å². The molecule has 236 valence electrons. The molecule has 0 radical (unpaired) electrons. The van der Waals surface area contributed by atoms with Crippen molar-refractivity contribution in [2.45, 2.75) is 70.0 Å². The lowest BCUT2D eigenvalue weighted by Crippen LogP contribution is -2.52. The molecule has 0 spiro atoms. The highest BCUT2D eigenvalue weighted by Gasteiger charge is 2.32. The van der Waals surface area contributed by atoms with E-state index in [1.807, 2.05) is 54.6 Å². The Hall–Kier alpha value is -3.92. The molecule has 3 aromatic rings. The molecule has 1 fully saturated rings. The van der Waals surface area contributed by atoms with Crippen LogP contribution >= 0.6 is 0 Å². The van der Waals surface area contributed by atoms with Crippen LogP contribution in [0.1, 0.15) is 56.1 Å².